The van der Waals surface area contributed by atoms with Gasteiger partial charge in [-0.05, 0) is 293 Å². The highest BCUT2D eigenvalue weighted by molar-refractivity contribution is 9.30. The van der Waals surface area contributed by atoms with E-state index >= 15 is 0 Å². The van der Waals surface area contributed by atoms with Crippen LogP contribution in [0.15, 0.2) is 31.3 Å². The lowest BCUT2D eigenvalue weighted by atomic mass is 9.91. The molecule has 584 valence electrons. The van der Waals surface area contributed by atoms with Crippen molar-refractivity contribution in [2.45, 2.75) is 265 Å². The monoisotopic (exact) mass is 1740 g/mol. The second kappa shape index (κ2) is 70.1. The second-order valence-corrected chi connectivity index (χ2v) is 58.9. The molecule has 0 saturated heterocycles. The van der Waals surface area contributed by atoms with Crippen molar-refractivity contribution in [2.24, 2.45) is 23.7 Å². The van der Waals surface area contributed by atoms with E-state index in [-0.39, 0.29) is 0 Å². The molecule has 98 heavy (non-hydrogen) atoms. The molecule has 0 radical (unpaired) electrons. The Hall–Kier alpha value is 5.21. The Balaban J connectivity index is 7.28. The molecule has 0 aromatic heterocycles. The van der Waals surface area contributed by atoms with Gasteiger partial charge in [-0.3, -0.25) is 0 Å². The lowest BCUT2D eigenvalue weighted by Crippen LogP contribution is -2.46. The predicted molar refractivity (Wildman–Crippen MR) is 477 cm³/mol. The van der Waals surface area contributed by atoms with Gasteiger partial charge in [0.15, 0.2) is 0 Å². The first-order valence-corrected chi connectivity index (χ1v) is 64.4. The number of allylic oxidation sites excluding steroid dienone is 3. The van der Waals surface area contributed by atoms with Crippen LogP contribution in [-0.2, 0) is 53.1 Å². The van der Waals surface area contributed by atoms with Crippen molar-refractivity contribution < 1.29 is 53.1 Å². The normalized spacial score (nSPS) is 14.1. The first kappa shape index (κ1) is 103. The van der Waals surface area contributed by atoms with Crippen molar-refractivity contribution in [3.63, 3.8) is 0 Å². The number of hydrogen-bond donors (Lipinski definition) is 0. The third-order valence-corrected chi connectivity index (χ3v) is 54.3. The highest BCUT2D eigenvalue weighted by atomic mass is 33.7. The van der Waals surface area contributed by atoms with Crippen molar-refractivity contribution in [2.75, 3.05) is 102 Å². The lowest BCUT2D eigenvalue weighted by molar-refractivity contribution is 0.0704. The Morgan fingerprint density at radius 3 is 0.867 bits per heavy atom. The van der Waals surface area contributed by atoms with Crippen molar-refractivity contribution in [1.82, 2.24) is 0 Å². The number of rotatable bonds is 75. The zero-order valence-electron chi connectivity index (χ0n) is 64.0. The Morgan fingerprint density at radius 2 is 0.571 bits per heavy atom. The minimum absolute atomic E-state index is 0.592. The van der Waals surface area contributed by atoms with Gasteiger partial charge in [0.05, 0.1) is 4.24 Å². The van der Waals surface area contributed by atoms with E-state index in [4.69, 9.17) is 53.1 Å². The van der Waals surface area contributed by atoms with Crippen LogP contribution in [0.4, 0.5) is 0 Å². The number of unbranched alkanes of at least 4 members (excludes halogenated alkanes) is 1. The summed E-state index contributed by atoms with van der Waals surface area (Å²) in [5, 5.41) is 0. The van der Waals surface area contributed by atoms with Crippen molar-refractivity contribution in [3.05, 3.63) is 31.3 Å². The molecule has 0 N–H and O–H groups in total. The third kappa shape index (κ3) is 53.2. The van der Waals surface area contributed by atoms with Crippen LogP contribution in [0.5, 0.6) is 0 Å². The summed E-state index contributed by atoms with van der Waals surface area (Å²) in [5.74, 6) is 7.17. The zero-order chi connectivity index (χ0) is 72.9. The van der Waals surface area contributed by atoms with Gasteiger partial charge in [0.1, 0.15) is 0 Å². The van der Waals surface area contributed by atoms with Gasteiger partial charge in [-0.15, -0.1) is 0 Å². The summed E-state index contributed by atoms with van der Waals surface area (Å²) >= 11 is 0. The molecule has 3 unspecified atom stereocenters. The Morgan fingerprint density at radius 1 is 0.306 bits per heavy atom. The first-order valence-electron chi connectivity index (χ1n) is 36.7. The van der Waals surface area contributed by atoms with Gasteiger partial charge in [-0.2, -0.15) is 0 Å². The molecule has 0 aliphatic heterocycles. The van der Waals surface area contributed by atoms with Crippen LogP contribution in [0.3, 0.4) is 0 Å². The van der Waals surface area contributed by atoms with Gasteiger partial charge in [-0.25, -0.2) is 0 Å². The average molecular weight is 1750 g/mol. The minimum Gasteiger partial charge on any atom is -0.374 e. The van der Waals surface area contributed by atoms with E-state index in [0.717, 1.165) is 103 Å². The number of hydrogen-bond acceptors (Lipinski definition) is 28. The van der Waals surface area contributed by atoms with Crippen molar-refractivity contribution >= 4 is 200 Å². The molecule has 0 aromatic carbocycles. The molecule has 3 atom stereocenters. The molecular formula is C66H136O12S16Si4. The zero-order valence-corrected chi connectivity index (χ0v) is 81.0. The fourth-order valence-electron chi connectivity index (χ4n) is 10.6. The Kier molecular flexibility index (Phi) is 73.8. The maximum atomic E-state index is 6.24. The molecule has 0 rings (SSSR count). The van der Waals surface area contributed by atoms with Gasteiger partial charge in [-0.1, -0.05) is 154 Å². The molecule has 0 fully saturated rings. The summed E-state index contributed by atoms with van der Waals surface area (Å²) in [4.78, 5) is 2.63. The van der Waals surface area contributed by atoms with E-state index in [0.29, 0.717) is 79.3 Å². The molecule has 0 aliphatic rings. The van der Waals surface area contributed by atoms with Gasteiger partial charge in [0.25, 0.3) is 0 Å². The SMILES string of the molecule is CCO[Si](CCCSSSSC(C=C(C)CCCC(C)CCCCC(C)CCCC(C)CCCC(C)C)=C(SSSSCCC[Si](OCC)(OCC)OCC)C(C)=C(SSSSCCC[Si](OCC)(OCC)OCC)SSSSCCC[Si](OCC)(OCC)OCC)(OCC)OCC. The summed E-state index contributed by atoms with van der Waals surface area (Å²) in [7, 11) is 19.4. The Labute approximate surface area is 668 Å². The summed E-state index contributed by atoms with van der Waals surface area (Å²) in [5.41, 5.74) is 2.75. The molecule has 32 heteroatoms. The van der Waals surface area contributed by atoms with Crippen LogP contribution < -0.4 is 0 Å². The topological polar surface area (TPSA) is 111 Å². The van der Waals surface area contributed by atoms with Crippen LogP contribution >= 0.6 is 165 Å². The molecule has 0 amide bonds. The lowest BCUT2D eigenvalue weighted by Gasteiger charge is -2.28. The molecule has 0 aromatic rings. The summed E-state index contributed by atoms with van der Waals surface area (Å²) in [6, 6.07) is 3.27. The summed E-state index contributed by atoms with van der Waals surface area (Å²) in [6.07, 6.45) is 23.7. The molecule has 0 heterocycles. The standard InChI is InChI=1S/C66H136O12S16Si4/c1-20-67-95(68-21-2,69-22-3)53-37-49-79-87-91-83-64(57-62(18)48-36-47-60(16)43-33-32-42-59(15)45-35-46-61(17)44-34-41-58(13)14)65(84-92-88-80-50-38-54-96(70-23-4,71-24-5)72-25-6)63(19)66(85-93-89-81-51-39-55-97(73-26-7,74-27-8)75-28-9)86-94-90-82-52-40-56-98(76-29-10,77-30-11)78-31-12/h57-61H,20-56H2,1-19H3. The summed E-state index contributed by atoms with van der Waals surface area (Å²) in [6.45, 7) is 48.5. The molecule has 12 nitrogen and oxygen atoms in total. The highest BCUT2D eigenvalue weighted by Gasteiger charge is 2.42. The fourth-order valence-corrected chi connectivity index (χ4v) is 48.6. The van der Waals surface area contributed by atoms with E-state index in [1.807, 2.05) is 248 Å². The van der Waals surface area contributed by atoms with E-state index < -0.39 is 35.2 Å². The maximum Gasteiger partial charge on any atom is 0.500 e. The first-order chi connectivity index (χ1) is 47.4. The van der Waals surface area contributed by atoms with Gasteiger partial charge >= 0.3 is 35.2 Å². The van der Waals surface area contributed by atoms with Crippen LogP contribution in [0.1, 0.15) is 241 Å². The maximum absolute atomic E-state index is 6.24. The largest absolute Gasteiger partial charge is 0.500 e. The third-order valence-electron chi connectivity index (χ3n) is 15.0. The molecule has 0 aliphatic carbocycles. The molecular weight excluding hydrogens is 1610 g/mol. The predicted octanol–water partition coefficient (Wildman–Crippen LogP) is 28.5. The van der Waals surface area contributed by atoms with Gasteiger partial charge < -0.3 is 53.1 Å². The molecule has 0 spiro atoms. The second-order valence-electron chi connectivity index (χ2n) is 23.9. The van der Waals surface area contributed by atoms with E-state index in [1.54, 1.807) is 0 Å². The quantitative estimate of drug-likeness (QED) is 0.0249. The van der Waals surface area contributed by atoms with E-state index in [2.05, 4.69) is 54.5 Å². The fraction of sp³-hybridized carbons (Fsp3) is 0.909. The summed E-state index contributed by atoms with van der Waals surface area (Å²) < 4.78 is 76.0. The minimum atomic E-state index is -2.72. The van der Waals surface area contributed by atoms with Crippen LogP contribution in [0.2, 0.25) is 24.2 Å². The smallest absolute Gasteiger partial charge is 0.374 e. The van der Waals surface area contributed by atoms with E-state index in [9.17, 15) is 0 Å². The molecule has 0 saturated carbocycles. The van der Waals surface area contributed by atoms with Crippen molar-refractivity contribution in [1.29, 1.82) is 0 Å². The van der Waals surface area contributed by atoms with Crippen LogP contribution in [0.25, 0.3) is 0 Å². The van der Waals surface area contributed by atoms with Gasteiger partial charge in [0, 0.05) is 136 Å². The highest BCUT2D eigenvalue weighted by Crippen LogP contribution is 2.60. The van der Waals surface area contributed by atoms with Crippen molar-refractivity contribution in [3.8, 4) is 0 Å². The van der Waals surface area contributed by atoms with Gasteiger partial charge in [0.2, 0.25) is 0 Å². The molecule has 0 bridgehead atoms. The van der Waals surface area contributed by atoms with Crippen LogP contribution in [-0.4, -0.2) is 138 Å². The van der Waals surface area contributed by atoms with E-state index in [1.165, 1.54) is 102 Å². The Bertz CT molecular complexity index is 1830. The van der Waals surface area contributed by atoms with Crippen LogP contribution in [0, 0.1) is 23.7 Å². The average Bonchev–Trinajstić information content (AvgIpc) is 0.863.